The second-order valence-electron chi connectivity index (χ2n) is 9.76. The summed E-state index contributed by atoms with van der Waals surface area (Å²) in [5, 5.41) is 10.6. The van der Waals surface area contributed by atoms with Crippen LogP contribution in [0.3, 0.4) is 0 Å². The number of aromatic hydroxyl groups is 1. The van der Waals surface area contributed by atoms with Gasteiger partial charge >= 0.3 is 0 Å². The molecule has 2 bridgehead atoms. The molecule has 2 heterocycles. The number of piperidine rings is 1. The van der Waals surface area contributed by atoms with Crippen molar-refractivity contribution in [2.24, 2.45) is 5.41 Å². The Labute approximate surface area is 183 Å². The zero-order chi connectivity index (χ0) is 21.8. The van der Waals surface area contributed by atoms with Gasteiger partial charge in [0.05, 0.1) is 6.33 Å². The zero-order valence-corrected chi connectivity index (χ0v) is 18.4. The first kappa shape index (κ1) is 19.9. The smallest absolute Gasteiger partial charge is 0.254 e. The summed E-state index contributed by atoms with van der Waals surface area (Å²) in [7, 11) is 0. The van der Waals surface area contributed by atoms with Crippen molar-refractivity contribution in [3.05, 3.63) is 83.4 Å². The molecule has 1 fully saturated rings. The lowest BCUT2D eigenvalue weighted by Crippen LogP contribution is -2.64. The third-order valence-electron chi connectivity index (χ3n) is 8.01. The van der Waals surface area contributed by atoms with Gasteiger partial charge in [-0.25, -0.2) is 4.98 Å². The van der Waals surface area contributed by atoms with Crippen LogP contribution in [0.1, 0.15) is 54.2 Å². The molecule has 1 saturated heterocycles. The fraction of sp³-hybridized carbons (Fsp3) is 0.385. The molecule has 0 spiro atoms. The monoisotopic (exact) mass is 415 g/mol. The van der Waals surface area contributed by atoms with Crippen LogP contribution in [0.4, 0.5) is 0 Å². The van der Waals surface area contributed by atoms with E-state index >= 15 is 0 Å². The van der Waals surface area contributed by atoms with Crippen molar-refractivity contribution < 1.29 is 9.90 Å². The first-order chi connectivity index (χ1) is 14.8. The number of carbonyl (C=O) groups excluding carboxylic acids is 1. The van der Waals surface area contributed by atoms with Crippen LogP contribution >= 0.6 is 0 Å². The summed E-state index contributed by atoms with van der Waals surface area (Å²) in [5.41, 5.74) is 3.93. The molecule has 31 heavy (non-hydrogen) atoms. The van der Waals surface area contributed by atoms with E-state index in [1.165, 1.54) is 5.56 Å². The molecule has 5 nitrogen and oxygen atoms in total. The Morgan fingerprint density at radius 1 is 1.16 bits per heavy atom. The molecule has 5 rings (SSSR count). The minimum absolute atomic E-state index is 0.0465. The largest absolute Gasteiger partial charge is 0.508 e. The summed E-state index contributed by atoms with van der Waals surface area (Å²) in [5.74, 6) is 0.426. The van der Waals surface area contributed by atoms with Gasteiger partial charge in [-0.15, -0.1) is 0 Å². The highest BCUT2D eigenvalue weighted by molar-refractivity contribution is 5.94. The number of hydrogen-bond donors (Lipinski definition) is 1. The first-order valence-corrected chi connectivity index (χ1v) is 11.0. The molecule has 5 heteroatoms. The van der Waals surface area contributed by atoms with Gasteiger partial charge in [0, 0.05) is 42.5 Å². The predicted molar refractivity (Wildman–Crippen MR) is 120 cm³/mol. The molecule has 2 atom stereocenters. The maximum absolute atomic E-state index is 13.6. The van der Waals surface area contributed by atoms with Gasteiger partial charge < -0.3 is 14.6 Å². The molecule has 2 aromatic carbocycles. The number of hydrogen-bond acceptors (Lipinski definition) is 3. The van der Waals surface area contributed by atoms with Crippen molar-refractivity contribution in [3.8, 4) is 5.75 Å². The number of amides is 1. The lowest BCUT2D eigenvalue weighted by Gasteiger charge is -2.60. The molecular weight excluding hydrogens is 386 g/mol. The van der Waals surface area contributed by atoms with Gasteiger partial charge in [-0.3, -0.25) is 4.79 Å². The SMILES string of the molecule is CC1(C)C2Cc3c(O)cccc3[C@]1(C)CCN2C(=O)c1ccc(Cn2ccnc2)cc1. The standard InChI is InChI=1S/C26H29N3O2/c1-25(2)23-15-20-21(5-4-6-22(20)30)26(25,3)11-13-29(23)24(31)19-9-7-18(8-10-19)16-28-14-12-27-17-28/h4-10,12,14,17,23,30H,11,13,15-16H2,1-3H3/t23?,26-/m0/s1. The number of fused-ring (bicyclic) bond motifs is 4. The molecule has 1 N–H and O–H groups in total. The number of nitrogens with zero attached hydrogens (tertiary/aromatic N) is 3. The number of imidazole rings is 1. The summed E-state index contributed by atoms with van der Waals surface area (Å²) >= 11 is 0. The van der Waals surface area contributed by atoms with Crippen LogP contribution in [0, 0.1) is 5.41 Å². The minimum Gasteiger partial charge on any atom is -0.508 e. The van der Waals surface area contributed by atoms with Gasteiger partial charge in [-0.2, -0.15) is 0 Å². The van der Waals surface area contributed by atoms with Gasteiger partial charge in [0.15, 0.2) is 0 Å². The Bertz CT molecular complexity index is 1120. The van der Waals surface area contributed by atoms with Gasteiger partial charge in [-0.1, -0.05) is 45.0 Å². The quantitative estimate of drug-likeness (QED) is 0.690. The number of phenolic OH excluding ortho intramolecular Hbond substituents is 1. The summed E-state index contributed by atoms with van der Waals surface area (Å²) in [6.07, 6.45) is 7.07. The molecule has 0 saturated carbocycles. The van der Waals surface area contributed by atoms with Crippen LogP contribution in [-0.2, 0) is 18.4 Å². The average Bonchev–Trinajstić information content (AvgIpc) is 3.24. The minimum atomic E-state index is -0.0942. The van der Waals surface area contributed by atoms with E-state index in [1.807, 2.05) is 46.0 Å². The normalized spacial score (nSPS) is 24.0. The van der Waals surface area contributed by atoms with Crippen LogP contribution in [0.5, 0.6) is 5.75 Å². The maximum atomic E-state index is 13.6. The maximum Gasteiger partial charge on any atom is 0.254 e. The molecule has 160 valence electrons. The van der Waals surface area contributed by atoms with Crippen molar-refractivity contribution >= 4 is 5.91 Å². The second kappa shape index (κ2) is 6.98. The van der Waals surface area contributed by atoms with Crippen molar-refractivity contribution in [2.75, 3.05) is 6.54 Å². The van der Waals surface area contributed by atoms with E-state index in [-0.39, 0.29) is 22.8 Å². The Balaban J connectivity index is 1.44. The molecule has 0 radical (unpaired) electrons. The third kappa shape index (κ3) is 2.98. The van der Waals surface area contributed by atoms with Crippen LogP contribution in [-0.4, -0.2) is 38.1 Å². The molecule has 1 aromatic heterocycles. The summed E-state index contributed by atoms with van der Waals surface area (Å²) < 4.78 is 2.01. The van der Waals surface area contributed by atoms with Crippen molar-refractivity contribution in [1.82, 2.24) is 14.5 Å². The second-order valence-corrected chi connectivity index (χ2v) is 9.76. The predicted octanol–water partition coefficient (Wildman–Crippen LogP) is 4.39. The number of phenols is 1. The van der Waals surface area contributed by atoms with Crippen molar-refractivity contribution in [2.45, 2.75) is 51.6 Å². The van der Waals surface area contributed by atoms with E-state index in [4.69, 9.17) is 0 Å². The third-order valence-corrected chi connectivity index (χ3v) is 8.01. The summed E-state index contributed by atoms with van der Waals surface area (Å²) in [6, 6.07) is 13.8. The molecule has 1 unspecified atom stereocenters. The molecule has 3 aromatic rings. The van der Waals surface area contributed by atoms with Gasteiger partial charge in [-0.05, 0) is 53.1 Å². The average molecular weight is 416 g/mol. The molecule has 1 aliphatic heterocycles. The van der Waals surface area contributed by atoms with E-state index in [2.05, 4.69) is 31.8 Å². The summed E-state index contributed by atoms with van der Waals surface area (Å²) in [6.45, 7) is 8.32. The molecular formula is C26H29N3O2. The van der Waals surface area contributed by atoms with Gasteiger partial charge in [0.2, 0.25) is 0 Å². The Morgan fingerprint density at radius 3 is 2.65 bits per heavy atom. The lowest BCUT2D eigenvalue weighted by molar-refractivity contribution is -0.0266. The Hall–Kier alpha value is -3.08. The lowest BCUT2D eigenvalue weighted by atomic mass is 9.51. The number of aromatic nitrogens is 2. The number of likely N-dealkylation sites (tertiary alicyclic amines) is 1. The fourth-order valence-electron chi connectivity index (χ4n) is 5.68. The van der Waals surface area contributed by atoms with E-state index in [1.54, 1.807) is 18.6 Å². The highest BCUT2D eigenvalue weighted by atomic mass is 16.3. The van der Waals surface area contributed by atoms with Gasteiger partial charge in [0.1, 0.15) is 5.75 Å². The Kier molecular flexibility index (Phi) is 4.47. The number of benzene rings is 2. The van der Waals surface area contributed by atoms with Crippen LogP contribution < -0.4 is 0 Å². The van der Waals surface area contributed by atoms with E-state index in [9.17, 15) is 9.90 Å². The molecule has 1 amide bonds. The highest BCUT2D eigenvalue weighted by Gasteiger charge is 2.57. The van der Waals surface area contributed by atoms with Crippen LogP contribution in [0.2, 0.25) is 0 Å². The van der Waals surface area contributed by atoms with E-state index in [0.717, 1.165) is 36.2 Å². The van der Waals surface area contributed by atoms with Crippen molar-refractivity contribution in [1.29, 1.82) is 0 Å². The summed E-state index contributed by atoms with van der Waals surface area (Å²) in [4.78, 5) is 19.7. The zero-order valence-electron chi connectivity index (χ0n) is 18.4. The van der Waals surface area contributed by atoms with Gasteiger partial charge in [0.25, 0.3) is 5.91 Å². The van der Waals surface area contributed by atoms with Crippen molar-refractivity contribution in [3.63, 3.8) is 0 Å². The van der Waals surface area contributed by atoms with E-state index < -0.39 is 0 Å². The van der Waals surface area contributed by atoms with Crippen LogP contribution in [0.15, 0.2) is 61.2 Å². The van der Waals surface area contributed by atoms with E-state index in [0.29, 0.717) is 12.2 Å². The number of carbonyl (C=O) groups is 1. The molecule has 2 aliphatic rings. The number of rotatable bonds is 3. The van der Waals surface area contributed by atoms with Crippen LogP contribution in [0.25, 0.3) is 0 Å². The first-order valence-electron chi connectivity index (χ1n) is 11.0. The fourth-order valence-corrected chi connectivity index (χ4v) is 5.68. The highest BCUT2D eigenvalue weighted by Crippen LogP contribution is 2.57. The molecule has 1 aliphatic carbocycles. The topological polar surface area (TPSA) is 58.4 Å². The Morgan fingerprint density at radius 2 is 1.94 bits per heavy atom.